The number of para-hydroxylation sites is 2. The van der Waals surface area contributed by atoms with Crippen molar-refractivity contribution in [2.45, 2.75) is 0 Å². The Kier molecular flexibility index (Phi) is 1.26. The third-order valence-electron chi connectivity index (χ3n) is 1.23. The van der Waals surface area contributed by atoms with Gasteiger partial charge in [0, 0.05) is 0 Å². The van der Waals surface area contributed by atoms with Gasteiger partial charge >= 0.3 is 8.53 Å². The van der Waals surface area contributed by atoms with E-state index in [1.165, 1.54) is 0 Å². The monoisotopic (exact) mass is 155 g/mol. The summed E-state index contributed by atoms with van der Waals surface area (Å²) in [4.78, 5) is 0. The number of hydrogen-bond acceptors (Lipinski definition) is 3. The molecule has 0 aromatic heterocycles. The molecule has 10 heavy (non-hydrogen) atoms. The Morgan fingerprint density at radius 1 is 1.10 bits per heavy atom. The first-order chi connectivity index (χ1) is 4.86. The van der Waals surface area contributed by atoms with Gasteiger partial charge in [-0.1, -0.05) is 12.1 Å². The van der Waals surface area contributed by atoms with Crippen LogP contribution in [0.5, 0.6) is 11.5 Å². The number of nitrogens with two attached hydrogens (primary N) is 1. The minimum atomic E-state index is -1.19. The average Bonchev–Trinajstić information content (AvgIpc) is 2.27. The SMILES string of the molecule is NP1Oc2ccccc2O1. The lowest BCUT2D eigenvalue weighted by Crippen LogP contribution is -1.93. The van der Waals surface area contributed by atoms with Crippen molar-refractivity contribution in [1.82, 2.24) is 0 Å². The van der Waals surface area contributed by atoms with Gasteiger partial charge in [0.25, 0.3) is 0 Å². The molecular formula is C6H6NO2P. The van der Waals surface area contributed by atoms with Crippen molar-refractivity contribution in [3.8, 4) is 11.5 Å². The van der Waals surface area contributed by atoms with Gasteiger partial charge in [0.1, 0.15) is 0 Å². The molecule has 1 aromatic rings. The first-order valence-electron chi connectivity index (χ1n) is 2.86. The normalized spacial score (nSPS) is 15.7. The summed E-state index contributed by atoms with van der Waals surface area (Å²) < 4.78 is 10.3. The van der Waals surface area contributed by atoms with E-state index in [2.05, 4.69) is 0 Å². The van der Waals surface area contributed by atoms with Gasteiger partial charge in [-0.2, -0.15) is 0 Å². The number of hydrogen-bond donors (Lipinski definition) is 1. The van der Waals surface area contributed by atoms with Crippen molar-refractivity contribution < 1.29 is 9.05 Å². The van der Waals surface area contributed by atoms with E-state index < -0.39 is 8.53 Å². The van der Waals surface area contributed by atoms with Crippen molar-refractivity contribution in [2.24, 2.45) is 5.50 Å². The summed E-state index contributed by atoms with van der Waals surface area (Å²) in [7, 11) is -1.19. The molecule has 3 nitrogen and oxygen atoms in total. The van der Waals surface area contributed by atoms with Crippen LogP contribution in [-0.4, -0.2) is 0 Å². The van der Waals surface area contributed by atoms with Gasteiger partial charge in [-0.25, -0.2) is 5.50 Å². The van der Waals surface area contributed by atoms with Gasteiger partial charge in [0.05, 0.1) is 0 Å². The van der Waals surface area contributed by atoms with Crippen LogP contribution in [0.1, 0.15) is 0 Å². The fourth-order valence-electron chi connectivity index (χ4n) is 0.813. The maximum atomic E-state index is 5.41. The predicted octanol–water partition coefficient (Wildman–Crippen LogP) is 1.64. The Labute approximate surface area is 59.7 Å². The fraction of sp³-hybridized carbons (Fsp3) is 0. The van der Waals surface area contributed by atoms with Crippen LogP contribution >= 0.6 is 8.53 Å². The van der Waals surface area contributed by atoms with Crippen LogP contribution in [0.15, 0.2) is 24.3 Å². The van der Waals surface area contributed by atoms with Crippen molar-refractivity contribution in [3.63, 3.8) is 0 Å². The zero-order chi connectivity index (χ0) is 6.97. The van der Waals surface area contributed by atoms with Crippen LogP contribution in [0.3, 0.4) is 0 Å². The predicted molar refractivity (Wildman–Crippen MR) is 38.8 cm³/mol. The highest BCUT2D eigenvalue weighted by molar-refractivity contribution is 7.45. The van der Waals surface area contributed by atoms with Gasteiger partial charge in [0.15, 0.2) is 11.5 Å². The first kappa shape index (κ1) is 5.96. The molecule has 0 aliphatic carbocycles. The van der Waals surface area contributed by atoms with Gasteiger partial charge < -0.3 is 9.05 Å². The van der Waals surface area contributed by atoms with Crippen molar-refractivity contribution in [3.05, 3.63) is 24.3 Å². The van der Waals surface area contributed by atoms with E-state index in [4.69, 9.17) is 14.6 Å². The van der Waals surface area contributed by atoms with Crippen molar-refractivity contribution in [2.75, 3.05) is 0 Å². The van der Waals surface area contributed by atoms with E-state index >= 15 is 0 Å². The highest BCUT2D eigenvalue weighted by Crippen LogP contribution is 2.46. The largest absolute Gasteiger partial charge is 0.423 e. The fourth-order valence-corrected chi connectivity index (χ4v) is 1.54. The van der Waals surface area contributed by atoms with E-state index in [1.54, 1.807) is 0 Å². The van der Waals surface area contributed by atoms with Crippen LogP contribution in [0.2, 0.25) is 0 Å². The van der Waals surface area contributed by atoms with Crippen LogP contribution in [0, 0.1) is 0 Å². The summed E-state index contributed by atoms with van der Waals surface area (Å²) in [6.07, 6.45) is 0. The molecule has 0 spiro atoms. The van der Waals surface area contributed by atoms with E-state index in [1.807, 2.05) is 24.3 Å². The molecule has 0 radical (unpaired) electrons. The van der Waals surface area contributed by atoms with E-state index in [-0.39, 0.29) is 0 Å². The smallest absolute Gasteiger partial charge is 0.378 e. The molecule has 2 rings (SSSR count). The quantitative estimate of drug-likeness (QED) is 0.579. The third kappa shape index (κ3) is 0.838. The second kappa shape index (κ2) is 2.11. The second-order valence-electron chi connectivity index (χ2n) is 1.91. The lowest BCUT2D eigenvalue weighted by molar-refractivity contribution is 0.575. The van der Waals surface area contributed by atoms with Crippen LogP contribution in [-0.2, 0) is 0 Å². The molecule has 0 saturated heterocycles. The number of rotatable bonds is 0. The van der Waals surface area contributed by atoms with Gasteiger partial charge in [-0.05, 0) is 12.1 Å². The van der Waals surface area contributed by atoms with Gasteiger partial charge in [0.2, 0.25) is 0 Å². The summed E-state index contributed by atoms with van der Waals surface area (Å²) in [5.74, 6) is 1.49. The molecule has 1 aromatic carbocycles. The Morgan fingerprint density at radius 2 is 1.60 bits per heavy atom. The molecule has 2 N–H and O–H groups in total. The highest BCUT2D eigenvalue weighted by Gasteiger charge is 2.20. The summed E-state index contributed by atoms with van der Waals surface area (Å²) in [6, 6.07) is 7.45. The zero-order valence-electron chi connectivity index (χ0n) is 5.15. The minimum Gasteiger partial charge on any atom is -0.423 e. The minimum absolute atomic E-state index is 0.746. The molecule has 52 valence electrons. The second-order valence-corrected chi connectivity index (χ2v) is 2.85. The molecule has 0 bridgehead atoms. The lowest BCUT2D eigenvalue weighted by Gasteiger charge is -1.96. The highest BCUT2D eigenvalue weighted by atomic mass is 31.2. The average molecular weight is 155 g/mol. The standard InChI is InChI=1S/C6H6NO2P/c7-10-8-5-3-1-2-4-6(5)9-10/h1-4H,7H2. The molecule has 4 heteroatoms. The molecule has 0 fully saturated rings. The van der Waals surface area contributed by atoms with E-state index in [9.17, 15) is 0 Å². The van der Waals surface area contributed by atoms with Crippen molar-refractivity contribution in [1.29, 1.82) is 0 Å². The lowest BCUT2D eigenvalue weighted by atomic mass is 10.3. The van der Waals surface area contributed by atoms with E-state index in [0.717, 1.165) is 11.5 Å². The summed E-state index contributed by atoms with van der Waals surface area (Å²) in [6.45, 7) is 0. The zero-order valence-corrected chi connectivity index (χ0v) is 6.04. The Hall–Kier alpha value is -0.790. The maximum absolute atomic E-state index is 5.41. The van der Waals surface area contributed by atoms with Crippen molar-refractivity contribution >= 4 is 8.53 Å². The van der Waals surface area contributed by atoms with E-state index in [0.29, 0.717) is 0 Å². The summed E-state index contributed by atoms with van der Waals surface area (Å²) in [5, 5.41) is 0. The van der Waals surface area contributed by atoms with Gasteiger partial charge in [-0.15, -0.1) is 0 Å². The maximum Gasteiger partial charge on any atom is 0.378 e. The summed E-state index contributed by atoms with van der Waals surface area (Å²) >= 11 is 0. The van der Waals surface area contributed by atoms with Crippen LogP contribution < -0.4 is 14.6 Å². The van der Waals surface area contributed by atoms with Crippen LogP contribution in [0.25, 0.3) is 0 Å². The molecule has 1 aliphatic rings. The summed E-state index contributed by atoms with van der Waals surface area (Å²) in [5.41, 5.74) is 5.41. The third-order valence-corrected chi connectivity index (χ3v) is 1.98. The molecule has 0 amide bonds. The Bertz CT molecular complexity index is 228. The molecule has 0 unspecified atom stereocenters. The topological polar surface area (TPSA) is 44.5 Å². The Morgan fingerprint density at radius 3 is 2.10 bits per heavy atom. The molecular weight excluding hydrogens is 149 g/mol. The number of fused-ring (bicyclic) bond motifs is 1. The number of benzene rings is 1. The Balaban J connectivity index is 2.42. The first-order valence-corrected chi connectivity index (χ1v) is 4.11. The molecule has 1 heterocycles. The molecule has 0 atom stereocenters. The van der Waals surface area contributed by atoms with Crippen LogP contribution in [0.4, 0.5) is 0 Å². The molecule has 0 saturated carbocycles. The molecule has 1 aliphatic heterocycles. The van der Waals surface area contributed by atoms with Gasteiger partial charge in [-0.3, -0.25) is 0 Å².